The molecule has 1 unspecified atom stereocenters. The number of ether oxygens (including phenoxy) is 1. The monoisotopic (exact) mass is 629 g/mol. The van der Waals surface area contributed by atoms with Crippen molar-refractivity contribution in [3.05, 3.63) is 136 Å². The Morgan fingerprint density at radius 3 is 2.40 bits per heavy atom. The lowest BCUT2D eigenvalue weighted by atomic mass is 9.95. The number of amides is 1. The number of nitrogens with zero attached hydrogens (tertiary/aromatic N) is 3. The summed E-state index contributed by atoms with van der Waals surface area (Å²) in [6.07, 6.45) is 0. The number of carbonyl (C=O) groups excluding carboxylic acids is 2. The van der Waals surface area contributed by atoms with Gasteiger partial charge in [-0.2, -0.15) is 0 Å². The molecule has 1 amide bonds. The van der Waals surface area contributed by atoms with Gasteiger partial charge in [0.2, 0.25) is 5.13 Å². The Morgan fingerprint density at radius 1 is 0.930 bits per heavy atom. The highest BCUT2D eigenvalue weighted by atomic mass is 35.5. The predicted molar refractivity (Wildman–Crippen MR) is 165 cm³/mol. The van der Waals surface area contributed by atoms with Crippen LogP contribution in [-0.4, -0.2) is 27.0 Å². The lowest BCUT2D eigenvalue weighted by Crippen LogP contribution is -2.29. The zero-order valence-corrected chi connectivity index (χ0v) is 24.6. The molecule has 0 spiro atoms. The Morgan fingerprint density at radius 2 is 1.65 bits per heavy atom. The van der Waals surface area contributed by atoms with Gasteiger partial charge in [-0.3, -0.25) is 14.5 Å². The second-order valence-corrected chi connectivity index (χ2v) is 12.0. The smallest absolute Gasteiger partial charge is 0.301 e. The third-order valence-corrected chi connectivity index (χ3v) is 8.97. The molecule has 1 fully saturated rings. The minimum Gasteiger partial charge on any atom is -0.507 e. The molecular formula is C32H21ClFN3O4S2. The first-order chi connectivity index (χ1) is 20.9. The third kappa shape index (κ3) is 6.17. The number of halogens is 2. The molecule has 1 N–H and O–H groups in total. The molecule has 4 aromatic carbocycles. The number of aromatic nitrogens is 2. The van der Waals surface area contributed by atoms with E-state index in [2.05, 4.69) is 10.2 Å². The highest BCUT2D eigenvalue weighted by Crippen LogP contribution is 2.45. The van der Waals surface area contributed by atoms with Gasteiger partial charge in [0.25, 0.3) is 5.78 Å². The van der Waals surface area contributed by atoms with Crippen LogP contribution in [0.15, 0.2) is 113 Å². The lowest BCUT2D eigenvalue weighted by molar-refractivity contribution is -0.132. The highest BCUT2D eigenvalue weighted by Gasteiger charge is 2.48. The van der Waals surface area contributed by atoms with Crippen LogP contribution in [0.1, 0.15) is 22.7 Å². The maximum atomic E-state index is 13.6. The summed E-state index contributed by atoms with van der Waals surface area (Å²) in [6.45, 7) is 0. The molecule has 0 aliphatic carbocycles. The van der Waals surface area contributed by atoms with Gasteiger partial charge in [-0.15, -0.1) is 10.2 Å². The van der Waals surface area contributed by atoms with Crippen LogP contribution in [0.3, 0.4) is 0 Å². The van der Waals surface area contributed by atoms with Gasteiger partial charge in [0.05, 0.1) is 11.6 Å². The summed E-state index contributed by atoms with van der Waals surface area (Å²) in [5, 5.41) is 20.6. The predicted octanol–water partition coefficient (Wildman–Crippen LogP) is 8.04. The van der Waals surface area contributed by atoms with E-state index >= 15 is 0 Å². The number of carbonyl (C=O) groups is 2. The molecule has 1 saturated heterocycles. The zero-order valence-electron chi connectivity index (χ0n) is 22.2. The summed E-state index contributed by atoms with van der Waals surface area (Å²) in [5.74, 6) is -1.03. The van der Waals surface area contributed by atoms with E-state index in [1.54, 1.807) is 48.5 Å². The van der Waals surface area contributed by atoms with E-state index in [1.807, 2.05) is 30.3 Å². The first-order valence-corrected chi connectivity index (χ1v) is 15.2. The van der Waals surface area contributed by atoms with Crippen molar-refractivity contribution in [2.45, 2.75) is 16.1 Å². The second-order valence-electron chi connectivity index (χ2n) is 9.43. The van der Waals surface area contributed by atoms with Crippen LogP contribution >= 0.6 is 34.7 Å². The Hall–Kier alpha value is -4.51. The van der Waals surface area contributed by atoms with E-state index in [0.29, 0.717) is 32.2 Å². The van der Waals surface area contributed by atoms with Gasteiger partial charge in [0, 0.05) is 16.3 Å². The van der Waals surface area contributed by atoms with E-state index < -0.39 is 29.3 Å². The van der Waals surface area contributed by atoms with Crippen molar-refractivity contribution in [1.82, 2.24) is 10.2 Å². The van der Waals surface area contributed by atoms with Gasteiger partial charge in [-0.05, 0) is 71.8 Å². The second kappa shape index (κ2) is 12.4. The van der Waals surface area contributed by atoms with Crippen molar-refractivity contribution < 1.29 is 23.8 Å². The molecular weight excluding hydrogens is 609 g/mol. The number of thioether (sulfide) groups is 1. The molecule has 2 heterocycles. The van der Waals surface area contributed by atoms with Crippen molar-refractivity contribution in [3.8, 4) is 11.5 Å². The van der Waals surface area contributed by atoms with Crippen molar-refractivity contribution in [2.75, 3.05) is 4.90 Å². The molecule has 43 heavy (non-hydrogen) atoms. The van der Waals surface area contributed by atoms with E-state index in [1.165, 1.54) is 40.9 Å². The molecule has 7 nitrogen and oxygen atoms in total. The molecule has 6 rings (SSSR count). The fourth-order valence-corrected chi connectivity index (χ4v) is 6.51. The summed E-state index contributed by atoms with van der Waals surface area (Å²) in [5.41, 5.74) is 1.57. The van der Waals surface area contributed by atoms with Gasteiger partial charge < -0.3 is 9.84 Å². The van der Waals surface area contributed by atoms with Gasteiger partial charge in [-0.1, -0.05) is 77.2 Å². The Kier molecular flexibility index (Phi) is 8.24. The molecule has 0 radical (unpaired) electrons. The number of aliphatic hydroxyl groups is 1. The number of hydrogen-bond donors (Lipinski definition) is 1. The van der Waals surface area contributed by atoms with Crippen LogP contribution in [0.4, 0.5) is 9.52 Å². The van der Waals surface area contributed by atoms with Gasteiger partial charge in [-0.25, -0.2) is 4.39 Å². The number of ketones is 1. The molecule has 1 aromatic heterocycles. The highest BCUT2D eigenvalue weighted by molar-refractivity contribution is 8.00. The van der Waals surface area contributed by atoms with E-state index in [4.69, 9.17) is 16.3 Å². The number of hydrogen-bond acceptors (Lipinski definition) is 8. The summed E-state index contributed by atoms with van der Waals surface area (Å²) < 4.78 is 20.2. The number of rotatable bonds is 8. The van der Waals surface area contributed by atoms with E-state index in [0.717, 1.165) is 16.9 Å². The zero-order chi connectivity index (χ0) is 29.9. The molecule has 0 saturated carbocycles. The van der Waals surface area contributed by atoms with Crippen molar-refractivity contribution in [1.29, 1.82) is 0 Å². The topological polar surface area (TPSA) is 92.6 Å². The number of anilines is 1. The maximum absolute atomic E-state index is 13.6. The molecule has 1 aliphatic heterocycles. The fraction of sp³-hybridized carbons (Fsp3) is 0.0625. The van der Waals surface area contributed by atoms with E-state index in [9.17, 15) is 19.1 Å². The summed E-state index contributed by atoms with van der Waals surface area (Å²) in [7, 11) is 0. The van der Waals surface area contributed by atoms with Gasteiger partial charge in [0.15, 0.2) is 4.34 Å². The van der Waals surface area contributed by atoms with Crippen LogP contribution in [0, 0.1) is 5.82 Å². The first-order valence-electron chi connectivity index (χ1n) is 13.0. The SMILES string of the molecule is O=C1C(=O)N(c2nnc(SCc3ccc(Cl)cc3)s2)C(c2cccc(Oc3ccccc3)c2)/C1=C(/O)c1ccc(F)cc1. The fourth-order valence-electron chi connectivity index (χ4n) is 4.57. The van der Waals surface area contributed by atoms with Crippen LogP contribution in [0.25, 0.3) is 5.76 Å². The number of aliphatic hydroxyl groups excluding tert-OH is 1. The quantitative estimate of drug-likeness (QED) is 0.0610. The summed E-state index contributed by atoms with van der Waals surface area (Å²) in [6, 6.07) is 27.5. The summed E-state index contributed by atoms with van der Waals surface area (Å²) in [4.78, 5) is 28.3. The number of para-hydroxylation sites is 1. The Labute approximate surface area is 259 Å². The van der Waals surface area contributed by atoms with Crippen molar-refractivity contribution in [2.24, 2.45) is 0 Å². The van der Waals surface area contributed by atoms with Crippen LogP contribution in [0.2, 0.25) is 5.02 Å². The molecule has 1 atom stereocenters. The summed E-state index contributed by atoms with van der Waals surface area (Å²) >= 11 is 8.57. The molecule has 11 heteroatoms. The minimum atomic E-state index is -1.05. The molecule has 214 valence electrons. The molecule has 5 aromatic rings. The van der Waals surface area contributed by atoms with Gasteiger partial charge in [0.1, 0.15) is 23.1 Å². The van der Waals surface area contributed by atoms with E-state index in [-0.39, 0.29) is 16.3 Å². The first kappa shape index (κ1) is 28.6. The van der Waals surface area contributed by atoms with Gasteiger partial charge >= 0.3 is 5.91 Å². The molecule has 1 aliphatic rings. The van der Waals surface area contributed by atoms with Crippen LogP contribution in [0.5, 0.6) is 11.5 Å². The van der Waals surface area contributed by atoms with Crippen LogP contribution in [-0.2, 0) is 15.3 Å². The Bertz CT molecular complexity index is 1830. The van der Waals surface area contributed by atoms with Crippen molar-refractivity contribution >= 4 is 57.3 Å². The third-order valence-electron chi connectivity index (χ3n) is 6.59. The largest absolute Gasteiger partial charge is 0.507 e. The average molecular weight is 630 g/mol. The van der Waals surface area contributed by atoms with Crippen LogP contribution < -0.4 is 9.64 Å². The molecule has 0 bridgehead atoms. The Balaban J connectivity index is 1.39. The average Bonchev–Trinajstić information content (AvgIpc) is 3.59. The standard InChI is InChI=1S/C32H21ClFN3O4S2/c33-22-13-9-19(10-14-22)18-42-32-36-35-31(43-32)37-27(21-5-4-8-25(17-21)41-24-6-2-1-3-7-24)26(29(39)30(37)40)28(38)20-11-15-23(34)16-12-20/h1-17,27,38H,18H2/b28-26-. The minimum absolute atomic E-state index is 0.154. The maximum Gasteiger partial charge on any atom is 0.301 e. The number of benzene rings is 4. The van der Waals surface area contributed by atoms with Crippen molar-refractivity contribution in [3.63, 3.8) is 0 Å². The number of Topliss-reactive ketones (excluding diaryl/α,β-unsaturated/α-hetero) is 1. The lowest BCUT2D eigenvalue weighted by Gasteiger charge is -2.23. The normalized spacial score (nSPS) is 16.0.